The normalized spacial score (nSPS) is 22.6. The van der Waals surface area contributed by atoms with E-state index in [0.717, 1.165) is 5.57 Å². The van der Waals surface area contributed by atoms with Crippen molar-refractivity contribution in [3.05, 3.63) is 41.7 Å². The van der Waals surface area contributed by atoms with E-state index >= 15 is 0 Å². The van der Waals surface area contributed by atoms with Crippen molar-refractivity contribution < 1.29 is 14.3 Å². The molecule has 0 bridgehead atoms. The Bertz CT molecular complexity index is 571. The molecule has 2 rings (SSSR count). The Kier molecular flexibility index (Phi) is 4.37. The number of hydrogen-bond donors (Lipinski definition) is 1. The molecule has 0 aliphatic carbocycles. The van der Waals surface area contributed by atoms with Gasteiger partial charge in [0, 0.05) is 31.6 Å². The number of pyridine rings is 1. The van der Waals surface area contributed by atoms with Crippen molar-refractivity contribution in [1.29, 1.82) is 0 Å². The Morgan fingerprint density at radius 1 is 1.52 bits per heavy atom. The van der Waals surface area contributed by atoms with Gasteiger partial charge in [0.25, 0.3) is 5.91 Å². The maximum atomic E-state index is 12.6. The van der Waals surface area contributed by atoms with Crippen LogP contribution in [0.5, 0.6) is 0 Å². The molecule has 6 heteroatoms. The van der Waals surface area contributed by atoms with E-state index in [2.05, 4.69) is 10.3 Å². The van der Waals surface area contributed by atoms with Crippen molar-refractivity contribution in [2.24, 2.45) is 0 Å². The maximum absolute atomic E-state index is 12.6. The van der Waals surface area contributed by atoms with Crippen LogP contribution in [0.25, 0.3) is 0 Å². The largest absolute Gasteiger partial charge is 0.380 e. The van der Waals surface area contributed by atoms with E-state index in [4.69, 9.17) is 4.74 Å². The molecule has 1 aromatic heterocycles. The average molecular weight is 289 g/mol. The second kappa shape index (κ2) is 6.05. The van der Waals surface area contributed by atoms with Gasteiger partial charge in [-0.1, -0.05) is 17.7 Å². The van der Waals surface area contributed by atoms with E-state index in [-0.39, 0.29) is 12.5 Å². The van der Waals surface area contributed by atoms with Crippen molar-refractivity contribution in [3.63, 3.8) is 0 Å². The zero-order valence-corrected chi connectivity index (χ0v) is 12.4. The van der Waals surface area contributed by atoms with Crippen LogP contribution < -0.4 is 5.32 Å². The van der Waals surface area contributed by atoms with Gasteiger partial charge in [-0.05, 0) is 19.9 Å². The molecule has 21 heavy (non-hydrogen) atoms. The van der Waals surface area contributed by atoms with E-state index in [1.807, 2.05) is 13.0 Å². The highest BCUT2D eigenvalue weighted by molar-refractivity contribution is 6.07. The first-order chi connectivity index (χ1) is 9.99. The van der Waals surface area contributed by atoms with E-state index in [0.29, 0.717) is 12.2 Å². The summed E-state index contributed by atoms with van der Waals surface area (Å²) in [6.45, 7) is 4.29. The Morgan fingerprint density at radius 3 is 2.90 bits per heavy atom. The molecule has 112 valence electrons. The molecular weight excluding hydrogens is 270 g/mol. The van der Waals surface area contributed by atoms with Gasteiger partial charge in [-0.25, -0.2) is 4.79 Å². The van der Waals surface area contributed by atoms with Crippen molar-refractivity contribution in [1.82, 2.24) is 15.2 Å². The zero-order valence-electron chi connectivity index (χ0n) is 12.4. The number of urea groups is 1. The lowest BCUT2D eigenvalue weighted by Gasteiger charge is -2.21. The lowest BCUT2D eigenvalue weighted by molar-refractivity contribution is -0.130. The maximum Gasteiger partial charge on any atom is 0.325 e. The fraction of sp³-hybridized carbons (Fsp3) is 0.400. The molecule has 0 spiro atoms. The van der Waals surface area contributed by atoms with Crippen molar-refractivity contribution >= 4 is 11.9 Å². The lowest BCUT2D eigenvalue weighted by Crippen LogP contribution is -2.41. The third-order valence-electron chi connectivity index (χ3n) is 3.51. The number of hydrogen-bond acceptors (Lipinski definition) is 4. The summed E-state index contributed by atoms with van der Waals surface area (Å²) < 4.78 is 5.00. The lowest BCUT2D eigenvalue weighted by atomic mass is 9.93. The van der Waals surface area contributed by atoms with Crippen molar-refractivity contribution in [3.8, 4) is 0 Å². The van der Waals surface area contributed by atoms with Gasteiger partial charge in [-0.2, -0.15) is 0 Å². The number of carbonyl (C=O) groups excluding carboxylic acids is 2. The highest BCUT2D eigenvalue weighted by Gasteiger charge is 2.48. The van der Waals surface area contributed by atoms with Crippen LogP contribution in [-0.2, 0) is 15.1 Å². The molecule has 2 heterocycles. The van der Waals surface area contributed by atoms with Crippen LogP contribution in [0, 0.1) is 0 Å². The van der Waals surface area contributed by atoms with Gasteiger partial charge in [0.1, 0.15) is 5.54 Å². The number of carbonyl (C=O) groups is 2. The zero-order chi connectivity index (χ0) is 15.5. The van der Waals surface area contributed by atoms with Crippen LogP contribution >= 0.6 is 0 Å². The second-order valence-electron chi connectivity index (χ2n) is 5.20. The number of nitrogens with zero attached hydrogens (tertiary/aromatic N) is 2. The van der Waals surface area contributed by atoms with Gasteiger partial charge >= 0.3 is 6.03 Å². The van der Waals surface area contributed by atoms with Gasteiger partial charge in [0.05, 0.1) is 6.61 Å². The van der Waals surface area contributed by atoms with Gasteiger partial charge in [-0.15, -0.1) is 0 Å². The predicted molar refractivity (Wildman–Crippen MR) is 77.5 cm³/mol. The fourth-order valence-electron chi connectivity index (χ4n) is 2.25. The molecule has 1 N–H and O–H groups in total. The molecule has 1 aliphatic heterocycles. The molecular formula is C15H19N3O3. The van der Waals surface area contributed by atoms with Crippen LogP contribution in [0.4, 0.5) is 4.79 Å². The van der Waals surface area contributed by atoms with Crippen molar-refractivity contribution in [2.75, 3.05) is 20.3 Å². The summed E-state index contributed by atoms with van der Waals surface area (Å²) in [5, 5.41) is 2.74. The monoisotopic (exact) mass is 289 g/mol. The number of amides is 3. The summed E-state index contributed by atoms with van der Waals surface area (Å²) in [4.78, 5) is 29.8. The minimum atomic E-state index is -1.06. The quantitative estimate of drug-likeness (QED) is 0.657. The molecule has 1 atom stereocenters. The minimum absolute atomic E-state index is 0.232. The van der Waals surface area contributed by atoms with Crippen LogP contribution in [0.1, 0.15) is 19.4 Å². The summed E-state index contributed by atoms with van der Waals surface area (Å²) >= 11 is 0. The predicted octanol–water partition coefficient (Wildman–Crippen LogP) is 1.44. The molecule has 6 nitrogen and oxygen atoms in total. The smallest absolute Gasteiger partial charge is 0.325 e. The molecule has 1 unspecified atom stereocenters. The molecule has 1 aromatic rings. The molecule has 0 aromatic carbocycles. The van der Waals surface area contributed by atoms with Gasteiger partial charge < -0.3 is 10.1 Å². The number of ether oxygens (including phenoxy) is 1. The summed E-state index contributed by atoms with van der Waals surface area (Å²) in [6.07, 6.45) is 5.03. The first-order valence-corrected chi connectivity index (χ1v) is 6.68. The number of imide groups is 1. The first kappa shape index (κ1) is 15.2. The molecule has 1 fully saturated rings. The third-order valence-corrected chi connectivity index (χ3v) is 3.51. The Labute approximate surface area is 123 Å². The molecule has 3 amide bonds. The van der Waals surface area contributed by atoms with Crippen LogP contribution in [0.15, 0.2) is 36.2 Å². The average Bonchev–Trinajstić information content (AvgIpc) is 2.69. The standard InChI is InChI=1S/C15H19N3O3/c1-11(10-21-3)6-8-18-13(19)15(2,17-14(18)20)12-5-4-7-16-9-12/h4-7,9H,8,10H2,1-3H3,(H,17,20)/b11-6+. The van der Waals surface area contributed by atoms with E-state index in [1.165, 1.54) is 4.90 Å². The van der Waals surface area contributed by atoms with E-state index in [9.17, 15) is 9.59 Å². The van der Waals surface area contributed by atoms with Gasteiger partial charge in [0.15, 0.2) is 0 Å². The topological polar surface area (TPSA) is 71.5 Å². The Hall–Kier alpha value is -2.21. The Balaban J connectivity index is 2.19. The van der Waals surface area contributed by atoms with Crippen LogP contribution in [0.2, 0.25) is 0 Å². The van der Waals surface area contributed by atoms with E-state index in [1.54, 1.807) is 38.6 Å². The highest BCUT2D eigenvalue weighted by atomic mass is 16.5. The molecule has 0 saturated carbocycles. The summed E-state index contributed by atoms with van der Waals surface area (Å²) in [7, 11) is 1.60. The van der Waals surface area contributed by atoms with Gasteiger partial charge in [0.2, 0.25) is 0 Å². The van der Waals surface area contributed by atoms with Gasteiger partial charge in [-0.3, -0.25) is 14.7 Å². The Morgan fingerprint density at radius 2 is 2.29 bits per heavy atom. The van der Waals surface area contributed by atoms with Crippen molar-refractivity contribution in [2.45, 2.75) is 19.4 Å². The number of aromatic nitrogens is 1. The first-order valence-electron chi connectivity index (χ1n) is 6.68. The number of methoxy groups -OCH3 is 1. The van der Waals surface area contributed by atoms with Crippen LogP contribution in [0.3, 0.4) is 0 Å². The summed E-state index contributed by atoms with van der Waals surface area (Å²) in [6, 6.07) is 3.12. The molecule has 0 radical (unpaired) electrons. The number of nitrogens with one attached hydrogen (secondary N) is 1. The molecule has 1 aliphatic rings. The highest BCUT2D eigenvalue weighted by Crippen LogP contribution is 2.28. The summed E-state index contributed by atoms with van der Waals surface area (Å²) in [5.41, 5.74) is 0.575. The second-order valence-corrected chi connectivity index (χ2v) is 5.20. The SMILES string of the molecule is COC/C(C)=C/CN1C(=O)NC(C)(c2cccnc2)C1=O. The fourth-order valence-corrected chi connectivity index (χ4v) is 2.25. The third kappa shape index (κ3) is 2.95. The van der Waals surface area contributed by atoms with E-state index < -0.39 is 11.6 Å². The summed E-state index contributed by atoms with van der Waals surface area (Å²) in [5.74, 6) is -0.276. The number of rotatable bonds is 5. The van der Waals surface area contributed by atoms with Crippen LogP contribution in [-0.4, -0.2) is 42.1 Å². The molecule has 1 saturated heterocycles. The minimum Gasteiger partial charge on any atom is -0.380 e.